The molecule has 1 aromatic rings. The van der Waals surface area contributed by atoms with Gasteiger partial charge in [0.05, 0.1) is 12.6 Å². The summed E-state index contributed by atoms with van der Waals surface area (Å²) in [5, 5.41) is 11.8. The number of amides is 2. The average molecular weight is 274 g/mol. The van der Waals surface area contributed by atoms with E-state index >= 15 is 0 Å². The molecule has 0 unspecified atom stereocenters. The molecule has 106 valence electrons. The van der Waals surface area contributed by atoms with Gasteiger partial charge in [-0.25, -0.2) is 4.79 Å². The van der Waals surface area contributed by atoms with Crippen molar-refractivity contribution in [2.24, 2.45) is 5.18 Å². The molecule has 1 rings (SSSR count). The van der Waals surface area contributed by atoms with Gasteiger partial charge in [0.1, 0.15) is 12.2 Å². The fraction of sp³-hybridized carbons (Fsp3) is 0.429. The molecule has 0 aliphatic rings. The lowest BCUT2D eigenvalue weighted by atomic mass is 10.1. The van der Waals surface area contributed by atoms with Crippen molar-refractivity contribution < 1.29 is 4.79 Å². The van der Waals surface area contributed by atoms with Crippen molar-refractivity contribution in [1.29, 1.82) is 5.26 Å². The first-order valence-electron chi connectivity index (χ1n) is 6.49. The van der Waals surface area contributed by atoms with Crippen molar-refractivity contribution in [1.82, 2.24) is 9.80 Å². The number of carbonyl (C=O) groups is 1. The third-order valence-corrected chi connectivity index (χ3v) is 3.02. The van der Waals surface area contributed by atoms with E-state index < -0.39 is 0 Å². The Morgan fingerprint density at radius 1 is 1.25 bits per heavy atom. The summed E-state index contributed by atoms with van der Waals surface area (Å²) in [6.45, 7) is 5.09. The van der Waals surface area contributed by atoms with Crippen LogP contribution in [0, 0.1) is 16.2 Å². The summed E-state index contributed by atoms with van der Waals surface area (Å²) < 4.78 is 0. The van der Waals surface area contributed by atoms with Crippen molar-refractivity contribution in [3.8, 4) is 6.07 Å². The van der Waals surface area contributed by atoms with E-state index in [9.17, 15) is 9.70 Å². The minimum absolute atomic E-state index is 0.0253. The molecule has 6 nitrogen and oxygen atoms in total. The van der Waals surface area contributed by atoms with Crippen molar-refractivity contribution in [3.63, 3.8) is 0 Å². The molecule has 1 aromatic carbocycles. The standard InChI is InChI=1S/C14H18N4O2/c1-3-17(4-2)14(19)18(10-9-15)11-12-7-5-6-8-13(12)16-20/h5-8H,3-4,10-11H2,1-2H3. The molecule has 0 N–H and O–H groups in total. The molecule has 0 radical (unpaired) electrons. The topological polar surface area (TPSA) is 76.8 Å². The molecule has 0 saturated heterocycles. The summed E-state index contributed by atoms with van der Waals surface area (Å²) in [5.74, 6) is 0. The highest BCUT2D eigenvalue weighted by Crippen LogP contribution is 2.20. The lowest BCUT2D eigenvalue weighted by Crippen LogP contribution is -2.42. The Bertz CT molecular complexity index is 506. The third-order valence-electron chi connectivity index (χ3n) is 3.02. The number of urea groups is 1. The van der Waals surface area contributed by atoms with Gasteiger partial charge in [-0.3, -0.25) is 0 Å². The number of benzene rings is 1. The zero-order valence-corrected chi connectivity index (χ0v) is 11.7. The monoisotopic (exact) mass is 274 g/mol. The van der Waals surface area contributed by atoms with Gasteiger partial charge in [-0.1, -0.05) is 18.2 Å². The van der Waals surface area contributed by atoms with Gasteiger partial charge < -0.3 is 9.80 Å². The summed E-state index contributed by atoms with van der Waals surface area (Å²) in [6.07, 6.45) is 0. The number of nitriles is 1. The Balaban J connectivity index is 2.95. The molecular formula is C14H18N4O2. The lowest BCUT2D eigenvalue weighted by molar-refractivity contribution is 0.160. The fourth-order valence-corrected chi connectivity index (χ4v) is 1.91. The quantitative estimate of drug-likeness (QED) is 0.591. The number of rotatable bonds is 6. The van der Waals surface area contributed by atoms with Crippen LogP contribution in [0.4, 0.5) is 10.5 Å². The SMILES string of the molecule is CCN(CC)C(=O)N(CC#N)Cc1ccccc1N=O. The Hall–Kier alpha value is -2.42. The summed E-state index contributed by atoms with van der Waals surface area (Å²) in [5.41, 5.74) is 0.932. The number of nitroso groups, excluding NO2 is 1. The molecule has 0 spiro atoms. The molecule has 0 aromatic heterocycles. The summed E-state index contributed by atoms with van der Waals surface area (Å²) in [4.78, 5) is 26.1. The Morgan fingerprint density at radius 3 is 2.45 bits per heavy atom. The maximum absolute atomic E-state index is 12.3. The second-order valence-corrected chi connectivity index (χ2v) is 4.19. The molecular weight excluding hydrogens is 256 g/mol. The van der Waals surface area contributed by atoms with Gasteiger partial charge in [-0.15, -0.1) is 4.91 Å². The van der Waals surface area contributed by atoms with Crippen LogP contribution in [0.5, 0.6) is 0 Å². The first kappa shape index (κ1) is 15.6. The molecule has 0 heterocycles. The van der Waals surface area contributed by atoms with Gasteiger partial charge >= 0.3 is 6.03 Å². The van der Waals surface area contributed by atoms with Gasteiger partial charge in [0, 0.05) is 18.7 Å². The van der Waals surface area contributed by atoms with Crippen LogP contribution >= 0.6 is 0 Å². The van der Waals surface area contributed by atoms with E-state index in [1.807, 2.05) is 19.9 Å². The van der Waals surface area contributed by atoms with Crippen LogP contribution in [0.25, 0.3) is 0 Å². The van der Waals surface area contributed by atoms with E-state index in [0.29, 0.717) is 24.3 Å². The van der Waals surface area contributed by atoms with Crippen LogP contribution in [0.2, 0.25) is 0 Å². The minimum atomic E-state index is -0.211. The first-order valence-corrected chi connectivity index (χ1v) is 6.49. The van der Waals surface area contributed by atoms with Crippen LogP contribution in [-0.2, 0) is 6.54 Å². The number of carbonyl (C=O) groups excluding carboxylic acids is 1. The fourth-order valence-electron chi connectivity index (χ4n) is 1.91. The largest absolute Gasteiger partial charge is 0.325 e. The summed E-state index contributed by atoms with van der Waals surface area (Å²) in [7, 11) is 0. The van der Waals surface area contributed by atoms with Gasteiger partial charge in [-0.2, -0.15) is 5.26 Å². The van der Waals surface area contributed by atoms with Crippen LogP contribution < -0.4 is 0 Å². The van der Waals surface area contributed by atoms with Gasteiger partial charge in [0.2, 0.25) is 0 Å². The molecule has 0 aliphatic carbocycles. The smallest absolute Gasteiger partial charge is 0.321 e. The highest BCUT2D eigenvalue weighted by molar-refractivity contribution is 5.75. The predicted octanol–water partition coefficient (Wildman–Crippen LogP) is 2.87. The molecule has 20 heavy (non-hydrogen) atoms. The average Bonchev–Trinajstić information content (AvgIpc) is 2.48. The highest BCUT2D eigenvalue weighted by Gasteiger charge is 2.19. The maximum Gasteiger partial charge on any atom is 0.321 e. The summed E-state index contributed by atoms with van der Waals surface area (Å²) >= 11 is 0. The van der Waals surface area contributed by atoms with Crippen molar-refractivity contribution >= 4 is 11.7 Å². The lowest BCUT2D eigenvalue weighted by Gasteiger charge is -2.27. The van der Waals surface area contributed by atoms with E-state index in [-0.39, 0.29) is 19.1 Å². The maximum atomic E-state index is 12.3. The zero-order chi connectivity index (χ0) is 15.0. The van der Waals surface area contributed by atoms with Crippen molar-refractivity contribution in [3.05, 3.63) is 34.7 Å². The molecule has 6 heteroatoms. The highest BCUT2D eigenvalue weighted by atomic mass is 16.3. The van der Waals surface area contributed by atoms with Crippen LogP contribution in [-0.4, -0.2) is 35.5 Å². The van der Waals surface area contributed by atoms with Gasteiger partial charge in [-0.05, 0) is 25.1 Å². The van der Waals surface area contributed by atoms with E-state index in [1.54, 1.807) is 29.2 Å². The number of hydrogen-bond acceptors (Lipinski definition) is 4. The minimum Gasteiger partial charge on any atom is -0.325 e. The Labute approximate surface area is 118 Å². The molecule has 0 saturated carbocycles. The first-order chi connectivity index (χ1) is 9.67. The molecule has 0 atom stereocenters. The third kappa shape index (κ3) is 3.79. The molecule has 2 amide bonds. The number of hydrogen-bond donors (Lipinski definition) is 0. The normalized spacial score (nSPS) is 9.65. The van der Waals surface area contributed by atoms with E-state index in [1.165, 1.54) is 4.90 Å². The van der Waals surface area contributed by atoms with Crippen LogP contribution in [0.1, 0.15) is 19.4 Å². The van der Waals surface area contributed by atoms with E-state index in [0.717, 1.165) is 0 Å². The molecule has 0 aliphatic heterocycles. The van der Waals surface area contributed by atoms with E-state index in [2.05, 4.69) is 5.18 Å². The molecule has 0 bridgehead atoms. The van der Waals surface area contributed by atoms with Crippen molar-refractivity contribution in [2.75, 3.05) is 19.6 Å². The van der Waals surface area contributed by atoms with E-state index in [4.69, 9.17) is 5.26 Å². The van der Waals surface area contributed by atoms with Gasteiger partial charge in [0.15, 0.2) is 0 Å². The Kier molecular flexibility index (Phi) is 6.17. The van der Waals surface area contributed by atoms with Crippen LogP contribution in [0.3, 0.4) is 0 Å². The van der Waals surface area contributed by atoms with Crippen LogP contribution in [0.15, 0.2) is 29.4 Å². The van der Waals surface area contributed by atoms with Gasteiger partial charge in [0.25, 0.3) is 0 Å². The molecule has 0 fully saturated rings. The second kappa shape index (κ2) is 7.89. The predicted molar refractivity (Wildman–Crippen MR) is 76.2 cm³/mol. The Morgan fingerprint density at radius 2 is 1.90 bits per heavy atom. The second-order valence-electron chi connectivity index (χ2n) is 4.19. The number of nitrogens with zero attached hydrogens (tertiary/aromatic N) is 4. The zero-order valence-electron chi connectivity index (χ0n) is 11.7. The van der Waals surface area contributed by atoms with Crippen molar-refractivity contribution in [2.45, 2.75) is 20.4 Å². The summed E-state index contributed by atoms with van der Waals surface area (Å²) in [6, 6.07) is 8.58.